The molecule has 10 heteroatoms. The number of ether oxygens (including phenoxy) is 1. The van der Waals surface area contributed by atoms with Crippen LogP contribution in [0.1, 0.15) is 52.7 Å². The van der Waals surface area contributed by atoms with Crippen molar-refractivity contribution >= 4 is 22.6 Å². The van der Waals surface area contributed by atoms with Gasteiger partial charge < -0.3 is 15.4 Å². The number of fused-ring (bicyclic) bond motifs is 3. The van der Waals surface area contributed by atoms with Crippen LogP contribution in [0.4, 0.5) is 19.0 Å². The van der Waals surface area contributed by atoms with Crippen molar-refractivity contribution in [3.63, 3.8) is 0 Å². The summed E-state index contributed by atoms with van der Waals surface area (Å²) < 4.78 is 44.3. The molecule has 0 radical (unpaired) electrons. The van der Waals surface area contributed by atoms with E-state index in [1.54, 1.807) is 25.1 Å². The number of benzene rings is 1. The van der Waals surface area contributed by atoms with Gasteiger partial charge >= 0.3 is 6.18 Å². The molecular formula is C24H22F3N5O2. The number of nitrogens with two attached hydrogens (primary N) is 1. The second-order valence-corrected chi connectivity index (χ2v) is 8.33. The number of halogens is 3. The van der Waals surface area contributed by atoms with Gasteiger partial charge in [0.1, 0.15) is 5.82 Å². The van der Waals surface area contributed by atoms with Gasteiger partial charge in [0, 0.05) is 29.3 Å². The Morgan fingerprint density at radius 2 is 2.12 bits per heavy atom. The smallest absolute Gasteiger partial charge is 0.383 e. The molecule has 4 rings (SSSR count). The van der Waals surface area contributed by atoms with E-state index < -0.39 is 17.7 Å². The number of hydrogen-bond donors (Lipinski definition) is 1. The number of aromatic nitrogens is 2. The van der Waals surface area contributed by atoms with Gasteiger partial charge in [-0.3, -0.25) is 9.78 Å². The lowest BCUT2D eigenvalue weighted by Crippen LogP contribution is -2.34. The van der Waals surface area contributed by atoms with Crippen molar-refractivity contribution in [1.82, 2.24) is 14.9 Å². The lowest BCUT2D eigenvalue weighted by Gasteiger charge is -2.24. The molecule has 0 saturated heterocycles. The molecule has 2 aromatic heterocycles. The van der Waals surface area contributed by atoms with Crippen LogP contribution in [-0.2, 0) is 24.1 Å². The summed E-state index contributed by atoms with van der Waals surface area (Å²) in [4.78, 5) is 23.1. The summed E-state index contributed by atoms with van der Waals surface area (Å²) in [5.41, 5.74) is 8.18. The fourth-order valence-electron chi connectivity index (χ4n) is 4.05. The highest BCUT2D eigenvalue weighted by Gasteiger charge is 2.31. The lowest BCUT2D eigenvalue weighted by molar-refractivity contribution is -0.137. The Balaban J connectivity index is 1.67. The van der Waals surface area contributed by atoms with Crippen LogP contribution in [0.15, 0.2) is 36.5 Å². The maximum Gasteiger partial charge on any atom is 0.417 e. The van der Waals surface area contributed by atoms with Gasteiger partial charge in [-0.1, -0.05) is 0 Å². The van der Waals surface area contributed by atoms with E-state index >= 15 is 0 Å². The summed E-state index contributed by atoms with van der Waals surface area (Å²) in [6.07, 6.45) is -3.97. The van der Waals surface area contributed by atoms with Crippen molar-refractivity contribution in [2.75, 3.05) is 12.3 Å². The van der Waals surface area contributed by atoms with Gasteiger partial charge in [-0.15, -0.1) is 0 Å². The quantitative estimate of drug-likeness (QED) is 0.584. The SMILES string of the molecule is C[C@@H]1OCc2c1c(N)nc1ccc(C(=O)N(Cc3ccc(C(F)(F)F)cn3)C[C@@H](C)C#N)cc21. The van der Waals surface area contributed by atoms with Crippen LogP contribution in [0.3, 0.4) is 0 Å². The van der Waals surface area contributed by atoms with Crippen LogP contribution in [-0.4, -0.2) is 27.3 Å². The van der Waals surface area contributed by atoms with Crippen molar-refractivity contribution < 1.29 is 22.7 Å². The molecule has 2 atom stereocenters. The number of nitrogen functional groups attached to an aromatic ring is 1. The van der Waals surface area contributed by atoms with E-state index in [9.17, 15) is 23.2 Å². The third kappa shape index (κ3) is 4.52. The number of pyridine rings is 2. The number of alkyl halides is 3. The summed E-state index contributed by atoms with van der Waals surface area (Å²) in [5.74, 6) is -0.466. The minimum absolute atomic E-state index is 0.0424. The van der Waals surface area contributed by atoms with Gasteiger partial charge in [0.05, 0.1) is 48.0 Å². The van der Waals surface area contributed by atoms with E-state index in [1.807, 2.05) is 6.92 Å². The fraction of sp³-hybridized carbons (Fsp3) is 0.333. The molecule has 2 N–H and O–H groups in total. The molecule has 0 spiro atoms. The molecule has 1 amide bonds. The lowest BCUT2D eigenvalue weighted by atomic mass is 10.00. The molecule has 1 aliphatic heterocycles. The maximum absolute atomic E-state index is 13.4. The van der Waals surface area contributed by atoms with E-state index in [0.717, 1.165) is 28.8 Å². The predicted octanol–water partition coefficient (Wildman–Crippen LogP) is 4.62. The van der Waals surface area contributed by atoms with Crippen LogP contribution >= 0.6 is 0 Å². The van der Waals surface area contributed by atoms with Gasteiger partial charge in [0.25, 0.3) is 5.91 Å². The minimum atomic E-state index is -4.50. The number of hydrogen-bond acceptors (Lipinski definition) is 6. The van der Waals surface area contributed by atoms with Crippen molar-refractivity contribution in [3.05, 3.63) is 64.5 Å². The number of rotatable bonds is 5. The summed E-state index contributed by atoms with van der Waals surface area (Å²) in [7, 11) is 0. The largest absolute Gasteiger partial charge is 0.417 e. The van der Waals surface area contributed by atoms with E-state index in [2.05, 4.69) is 16.0 Å². The highest BCUT2D eigenvalue weighted by atomic mass is 19.4. The molecule has 0 fully saturated rings. The van der Waals surface area contributed by atoms with Gasteiger partial charge in [-0.2, -0.15) is 18.4 Å². The Labute approximate surface area is 194 Å². The van der Waals surface area contributed by atoms with Crippen molar-refractivity contribution in [3.8, 4) is 6.07 Å². The van der Waals surface area contributed by atoms with Crippen LogP contribution in [0.5, 0.6) is 0 Å². The molecule has 34 heavy (non-hydrogen) atoms. The molecule has 0 aliphatic carbocycles. The molecule has 0 bridgehead atoms. The fourth-order valence-corrected chi connectivity index (χ4v) is 4.05. The Kier molecular flexibility index (Phi) is 6.15. The first-order valence-corrected chi connectivity index (χ1v) is 10.6. The zero-order valence-corrected chi connectivity index (χ0v) is 18.6. The maximum atomic E-state index is 13.4. The monoisotopic (exact) mass is 469 g/mol. The molecule has 1 aromatic carbocycles. The number of anilines is 1. The zero-order chi connectivity index (χ0) is 24.6. The molecule has 3 aromatic rings. The Bertz CT molecular complexity index is 1280. The first-order chi connectivity index (χ1) is 16.1. The topological polar surface area (TPSA) is 105 Å². The number of amides is 1. The number of nitrogens with zero attached hydrogens (tertiary/aromatic N) is 4. The first-order valence-electron chi connectivity index (χ1n) is 10.6. The first kappa shape index (κ1) is 23.4. The van der Waals surface area contributed by atoms with Crippen LogP contribution in [0.2, 0.25) is 0 Å². The average Bonchev–Trinajstić information content (AvgIpc) is 3.20. The number of nitriles is 1. The molecule has 0 saturated carbocycles. The second-order valence-electron chi connectivity index (χ2n) is 8.33. The van der Waals surface area contributed by atoms with Crippen LogP contribution in [0, 0.1) is 17.2 Å². The van der Waals surface area contributed by atoms with Crippen LogP contribution in [0.25, 0.3) is 10.9 Å². The van der Waals surface area contributed by atoms with Gasteiger partial charge in [-0.05, 0) is 49.7 Å². The normalized spacial score (nSPS) is 16.2. The Hall–Kier alpha value is -3.71. The third-order valence-electron chi connectivity index (χ3n) is 5.80. The summed E-state index contributed by atoms with van der Waals surface area (Å²) in [6.45, 7) is 3.95. The van der Waals surface area contributed by atoms with Gasteiger partial charge in [-0.25, -0.2) is 4.98 Å². The predicted molar refractivity (Wildman–Crippen MR) is 118 cm³/mol. The standard InChI is InChI=1S/C24H22F3N5O2/c1-13(8-28)10-32(11-17-5-4-16(9-30-17)24(25,26)27)23(33)15-3-6-20-18(7-15)19-12-34-14(2)21(19)22(29)31-20/h3-7,9,13-14H,10-12H2,1-2H3,(H2,29,31)/t13-,14-/m0/s1. The number of carbonyl (C=O) groups is 1. The molecule has 0 unspecified atom stereocenters. The van der Waals surface area contributed by atoms with E-state index in [0.29, 0.717) is 23.5 Å². The third-order valence-corrected chi connectivity index (χ3v) is 5.80. The van der Waals surface area contributed by atoms with Crippen molar-refractivity contribution in [2.45, 2.75) is 39.3 Å². The molecular weight excluding hydrogens is 447 g/mol. The van der Waals surface area contributed by atoms with Crippen molar-refractivity contribution in [2.24, 2.45) is 5.92 Å². The van der Waals surface area contributed by atoms with Crippen molar-refractivity contribution in [1.29, 1.82) is 5.26 Å². The second kappa shape index (κ2) is 8.91. The average molecular weight is 469 g/mol. The van der Waals surface area contributed by atoms with Crippen LogP contribution < -0.4 is 5.73 Å². The highest BCUT2D eigenvalue weighted by Crippen LogP contribution is 2.38. The zero-order valence-electron chi connectivity index (χ0n) is 18.6. The molecule has 7 nitrogen and oxygen atoms in total. The summed E-state index contributed by atoms with van der Waals surface area (Å²) in [5, 5.41) is 10.0. The van der Waals surface area contributed by atoms with E-state index in [-0.39, 0.29) is 30.8 Å². The van der Waals surface area contributed by atoms with E-state index in [1.165, 1.54) is 11.0 Å². The molecule has 3 heterocycles. The number of carbonyl (C=O) groups excluding carboxylic acids is 1. The Morgan fingerprint density at radius 3 is 2.76 bits per heavy atom. The highest BCUT2D eigenvalue weighted by molar-refractivity contribution is 5.99. The Morgan fingerprint density at radius 1 is 1.35 bits per heavy atom. The van der Waals surface area contributed by atoms with Gasteiger partial charge in [0.2, 0.25) is 0 Å². The molecule has 176 valence electrons. The summed E-state index contributed by atoms with van der Waals surface area (Å²) in [6, 6.07) is 9.28. The van der Waals surface area contributed by atoms with Gasteiger partial charge in [0.15, 0.2) is 0 Å². The molecule has 1 aliphatic rings. The van der Waals surface area contributed by atoms with E-state index in [4.69, 9.17) is 10.5 Å². The minimum Gasteiger partial charge on any atom is -0.383 e. The summed E-state index contributed by atoms with van der Waals surface area (Å²) >= 11 is 0.